The minimum absolute atomic E-state index is 0.0276. The minimum Gasteiger partial charge on any atom is -0.407 e. The van der Waals surface area contributed by atoms with E-state index in [9.17, 15) is 4.39 Å². The van der Waals surface area contributed by atoms with E-state index in [-0.39, 0.29) is 11.2 Å². The number of hydrogen-bond donors (Lipinski definition) is 0. The number of hydrogen-bond acceptors (Lipinski definition) is 2. The molecule has 0 saturated carbocycles. The molecule has 0 spiro atoms. The minimum atomic E-state index is -0.419. The van der Waals surface area contributed by atoms with Crippen LogP contribution in [0.2, 0.25) is 0 Å². The van der Waals surface area contributed by atoms with Gasteiger partial charge in [0, 0.05) is 31.0 Å². The quantitative estimate of drug-likeness (QED) is 0.784. The van der Waals surface area contributed by atoms with Crippen LogP contribution in [0, 0.1) is 11.2 Å². The molecule has 0 amide bonds. The van der Waals surface area contributed by atoms with Crippen molar-refractivity contribution in [3.05, 3.63) is 48.5 Å². The van der Waals surface area contributed by atoms with Gasteiger partial charge in [-0.2, -0.15) is 0 Å². The maximum atomic E-state index is 13.9. The summed E-state index contributed by atoms with van der Waals surface area (Å²) in [5.41, 5.74) is 1.37. The Hall–Kier alpha value is -1.59. The molecule has 0 bridgehead atoms. The fourth-order valence-electron chi connectivity index (χ4n) is 2.25. The molecule has 5 heteroatoms. The van der Waals surface area contributed by atoms with Gasteiger partial charge in [0.1, 0.15) is 5.82 Å². The second-order valence-electron chi connectivity index (χ2n) is 5.92. The van der Waals surface area contributed by atoms with Crippen molar-refractivity contribution in [1.82, 2.24) is 4.57 Å². The van der Waals surface area contributed by atoms with E-state index >= 15 is 0 Å². The van der Waals surface area contributed by atoms with Crippen molar-refractivity contribution in [2.24, 2.45) is 5.41 Å². The molecule has 1 saturated heterocycles. The standard InChI is InChI=1S/C15H17BFNO2/c1-15(2)10-19-16(20-11-15)12-5-6-13(17)14(9-12)18-7-3-4-8-18/h3-9H,10-11H2,1-2H3. The third-order valence-electron chi connectivity index (χ3n) is 3.38. The van der Waals surface area contributed by atoms with Crippen molar-refractivity contribution in [1.29, 1.82) is 0 Å². The topological polar surface area (TPSA) is 23.4 Å². The van der Waals surface area contributed by atoms with Gasteiger partial charge < -0.3 is 13.9 Å². The molecule has 0 N–H and O–H groups in total. The Kier molecular flexibility index (Phi) is 3.40. The summed E-state index contributed by atoms with van der Waals surface area (Å²) in [6, 6.07) is 8.67. The van der Waals surface area contributed by atoms with Gasteiger partial charge in [0.25, 0.3) is 0 Å². The van der Waals surface area contributed by atoms with E-state index in [0.717, 1.165) is 5.46 Å². The lowest BCUT2D eigenvalue weighted by atomic mass is 9.75. The van der Waals surface area contributed by atoms with Gasteiger partial charge in [-0.25, -0.2) is 4.39 Å². The molecular formula is C15H17BFNO2. The Morgan fingerprint density at radius 1 is 1.15 bits per heavy atom. The lowest BCUT2D eigenvalue weighted by Gasteiger charge is -2.33. The van der Waals surface area contributed by atoms with Crippen LogP contribution in [0.15, 0.2) is 42.7 Å². The second kappa shape index (κ2) is 5.07. The molecule has 0 radical (unpaired) electrons. The molecule has 2 aromatic rings. The fourth-order valence-corrected chi connectivity index (χ4v) is 2.25. The molecule has 0 atom stereocenters. The predicted molar refractivity (Wildman–Crippen MR) is 76.8 cm³/mol. The summed E-state index contributed by atoms with van der Waals surface area (Å²) in [5.74, 6) is -0.263. The van der Waals surface area contributed by atoms with E-state index in [1.54, 1.807) is 16.7 Å². The highest BCUT2D eigenvalue weighted by Crippen LogP contribution is 2.22. The third kappa shape index (κ3) is 2.64. The zero-order valence-corrected chi connectivity index (χ0v) is 11.7. The molecule has 0 aliphatic carbocycles. The van der Waals surface area contributed by atoms with Crippen molar-refractivity contribution in [2.75, 3.05) is 13.2 Å². The first-order chi connectivity index (χ1) is 9.55. The lowest BCUT2D eigenvalue weighted by Crippen LogP contribution is -2.47. The summed E-state index contributed by atoms with van der Waals surface area (Å²) in [5, 5.41) is 0. The summed E-state index contributed by atoms with van der Waals surface area (Å²) in [6.07, 6.45) is 3.63. The fraction of sp³-hybridized carbons (Fsp3) is 0.333. The first-order valence-corrected chi connectivity index (χ1v) is 6.71. The molecule has 104 valence electrons. The number of aromatic nitrogens is 1. The number of halogens is 1. The Labute approximate surface area is 118 Å². The average molecular weight is 273 g/mol. The number of rotatable bonds is 2. The zero-order chi connectivity index (χ0) is 14.2. The number of benzene rings is 1. The molecule has 1 aliphatic heterocycles. The van der Waals surface area contributed by atoms with Crippen LogP contribution in [-0.4, -0.2) is 24.9 Å². The first kappa shape index (κ1) is 13.4. The molecule has 0 unspecified atom stereocenters. The van der Waals surface area contributed by atoms with Crippen molar-refractivity contribution in [2.45, 2.75) is 13.8 Å². The SMILES string of the molecule is CC1(C)COB(c2ccc(F)c(-n3cccc3)c2)OC1. The average Bonchev–Trinajstić information content (AvgIpc) is 2.93. The smallest absolute Gasteiger partial charge is 0.407 e. The van der Waals surface area contributed by atoms with E-state index in [4.69, 9.17) is 9.31 Å². The first-order valence-electron chi connectivity index (χ1n) is 6.71. The molecule has 1 fully saturated rings. The van der Waals surface area contributed by atoms with Crippen molar-refractivity contribution in [3.8, 4) is 5.69 Å². The van der Waals surface area contributed by atoms with E-state index in [0.29, 0.717) is 18.9 Å². The molecule has 20 heavy (non-hydrogen) atoms. The summed E-state index contributed by atoms with van der Waals surface area (Å²) in [4.78, 5) is 0. The third-order valence-corrected chi connectivity index (χ3v) is 3.38. The van der Waals surface area contributed by atoms with Gasteiger partial charge in [-0.3, -0.25) is 0 Å². The van der Waals surface area contributed by atoms with Crippen LogP contribution in [0.1, 0.15) is 13.8 Å². The normalized spacial score (nSPS) is 18.2. The van der Waals surface area contributed by atoms with Gasteiger partial charge in [-0.05, 0) is 29.7 Å². The van der Waals surface area contributed by atoms with Crippen LogP contribution in [-0.2, 0) is 9.31 Å². The van der Waals surface area contributed by atoms with Crippen molar-refractivity contribution < 1.29 is 13.7 Å². The molecule has 3 rings (SSSR count). The summed E-state index contributed by atoms with van der Waals surface area (Å²) >= 11 is 0. The summed E-state index contributed by atoms with van der Waals surface area (Å²) in [6.45, 7) is 5.46. The highest BCUT2D eigenvalue weighted by molar-refractivity contribution is 6.61. The number of nitrogens with zero attached hydrogens (tertiary/aromatic N) is 1. The predicted octanol–water partition coefficient (Wildman–Crippen LogP) is 2.38. The maximum absolute atomic E-state index is 13.9. The Balaban J connectivity index is 1.87. The Morgan fingerprint density at radius 3 is 2.45 bits per heavy atom. The van der Waals surface area contributed by atoms with Gasteiger partial charge in [-0.15, -0.1) is 0 Å². The van der Waals surface area contributed by atoms with E-state index in [1.807, 2.05) is 24.5 Å². The van der Waals surface area contributed by atoms with Crippen LogP contribution >= 0.6 is 0 Å². The Bertz CT molecular complexity index is 588. The largest absolute Gasteiger partial charge is 0.493 e. The van der Waals surface area contributed by atoms with E-state index < -0.39 is 7.12 Å². The zero-order valence-electron chi connectivity index (χ0n) is 11.7. The molecule has 1 aliphatic rings. The van der Waals surface area contributed by atoms with Crippen molar-refractivity contribution >= 4 is 12.6 Å². The monoisotopic (exact) mass is 273 g/mol. The van der Waals surface area contributed by atoms with Crippen LogP contribution in [0.25, 0.3) is 5.69 Å². The van der Waals surface area contributed by atoms with Gasteiger partial charge in [-0.1, -0.05) is 19.9 Å². The van der Waals surface area contributed by atoms with Crippen LogP contribution < -0.4 is 5.46 Å². The molecule has 2 heterocycles. The maximum Gasteiger partial charge on any atom is 0.493 e. The van der Waals surface area contributed by atoms with E-state index in [2.05, 4.69) is 13.8 Å². The molecular weight excluding hydrogens is 256 g/mol. The Morgan fingerprint density at radius 2 is 1.80 bits per heavy atom. The molecule has 1 aromatic heterocycles. The van der Waals surface area contributed by atoms with Gasteiger partial charge in [0.15, 0.2) is 0 Å². The van der Waals surface area contributed by atoms with Crippen LogP contribution in [0.3, 0.4) is 0 Å². The highest BCUT2D eigenvalue weighted by atomic mass is 19.1. The van der Waals surface area contributed by atoms with Crippen LogP contribution in [0.5, 0.6) is 0 Å². The summed E-state index contributed by atoms with van der Waals surface area (Å²) in [7, 11) is -0.419. The summed E-state index contributed by atoms with van der Waals surface area (Å²) < 4.78 is 27.1. The molecule has 3 nitrogen and oxygen atoms in total. The van der Waals surface area contributed by atoms with Gasteiger partial charge >= 0.3 is 7.12 Å². The van der Waals surface area contributed by atoms with Crippen molar-refractivity contribution in [3.63, 3.8) is 0 Å². The molecule has 1 aromatic carbocycles. The highest BCUT2D eigenvalue weighted by Gasteiger charge is 2.33. The van der Waals surface area contributed by atoms with Crippen LogP contribution in [0.4, 0.5) is 4.39 Å². The lowest BCUT2D eigenvalue weighted by molar-refractivity contribution is 0.0343. The second-order valence-corrected chi connectivity index (χ2v) is 5.92. The van der Waals surface area contributed by atoms with E-state index in [1.165, 1.54) is 6.07 Å². The van der Waals surface area contributed by atoms with Gasteiger partial charge in [0.2, 0.25) is 0 Å². The van der Waals surface area contributed by atoms with Gasteiger partial charge in [0.05, 0.1) is 5.69 Å².